The molecular weight excluding hydrogens is 344 g/mol. The Morgan fingerprint density at radius 1 is 1.19 bits per heavy atom. The van der Waals surface area contributed by atoms with E-state index in [1.54, 1.807) is 7.11 Å². The van der Waals surface area contributed by atoms with Crippen molar-refractivity contribution < 1.29 is 19.4 Å². The van der Waals surface area contributed by atoms with Crippen LogP contribution in [0.1, 0.15) is 37.7 Å². The van der Waals surface area contributed by atoms with Crippen LogP contribution in [0.4, 0.5) is 4.79 Å². The number of carboxylic acids is 1. The summed E-state index contributed by atoms with van der Waals surface area (Å²) >= 11 is 0. The van der Waals surface area contributed by atoms with Gasteiger partial charge in [0.05, 0.1) is 20.1 Å². The summed E-state index contributed by atoms with van der Waals surface area (Å²) in [6.45, 7) is 0.568. The van der Waals surface area contributed by atoms with Crippen LogP contribution in [-0.2, 0) is 11.3 Å². The lowest BCUT2D eigenvalue weighted by Gasteiger charge is -2.30. The molecule has 0 aromatic heterocycles. The van der Waals surface area contributed by atoms with Crippen molar-refractivity contribution in [1.29, 1.82) is 0 Å². The van der Waals surface area contributed by atoms with Crippen LogP contribution in [0.15, 0.2) is 36.4 Å². The first kappa shape index (κ1) is 19.0. The summed E-state index contributed by atoms with van der Waals surface area (Å²) < 4.78 is 5.57. The largest absolute Gasteiger partial charge is 0.496 e. The molecule has 0 saturated heterocycles. The predicted molar refractivity (Wildman–Crippen MR) is 104 cm³/mol. The Morgan fingerprint density at radius 2 is 1.93 bits per heavy atom. The van der Waals surface area contributed by atoms with Crippen LogP contribution >= 0.6 is 0 Å². The number of hydrogen-bond donors (Lipinski definition) is 2. The van der Waals surface area contributed by atoms with Gasteiger partial charge in [-0.1, -0.05) is 43.2 Å². The van der Waals surface area contributed by atoms with Gasteiger partial charge in [-0.15, -0.1) is 0 Å². The molecule has 2 N–H and O–H groups in total. The molecule has 2 aromatic rings. The van der Waals surface area contributed by atoms with Gasteiger partial charge in [-0.3, -0.25) is 4.79 Å². The maximum absolute atomic E-state index is 12.8. The summed E-state index contributed by atoms with van der Waals surface area (Å²) in [6.07, 6.45) is 4.08. The highest BCUT2D eigenvalue weighted by Crippen LogP contribution is 2.32. The maximum Gasteiger partial charge on any atom is 0.317 e. The fourth-order valence-electron chi connectivity index (χ4n) is 3.80. The van der Waals surface area contributed by atoms with Gasteiger partial charge in [0.25, 0.3) is 0 Å². The van der Waals surface area contributed by atoms with Crippen molar-refractivity contribution in [2.75, 3.05) is 13.7 Å². The van der Waals surface area contributed by atoms with Gasteiger partial charge in [0.15, 0.2) is 0 Å². The first-order chi connectivity index (χ1) is 13.1. The zero-order valence-electron chi connectivity index (χ0n) is 15.6. The first-order valence-electron chi connectivity index (χ1n) is 9.41. The summed E-state index contributed by atoms with van der Waals surface area (Å²) in [4.78, 5) is 25.4. The molecule has 0 atom stereocenters. The quantitative estimate of drug-likeness (QED) is 0.777. The van der Waals surface area contributed by atoms with Gasteiger partial charge in [0.1, 0.15) is 5.75 Å². The van der Waals surface area contributed by atoms with Crippen LogP contribution in [-0.4, -0.2) is 41.7 Å². The third-order valence-corrected chi connectivity index (χ3v) is 5.19. The van der Waals surface area contributed by atoms with E-state index in [-0.39, 0.29) is 25.0 Å². The van der Waals surface area contributed by atoms with Crippen molar-refractivity contribution in [3.8, 4) is 5.75 Å². The van der Waals surface area contributed by atoms with Gasteiger partial charge in [-0.25, -0.2) is 4.79 Å². The van der Waals surface area contributed by atoms with Crippen molar-refractivity contribution in [2.24, 2.45) is 0 Å². The molecule has 1 fully saturated rings. The minimum absolute atomic E-state index is 0.0815. The van der Waals surface area contributed by atoms with E-state index in [0.29, 0.717) is 6.54 Å². The van der Waals surface area contributed by atoms with E-state index in [9.17, 15) is 9.59 Å². The topological polar surface area (TPSA) is 78.9 Å². The Balaban J connectivity index is 1.88. The molecule has 0 aliphatic heterocycles. The average molecular weight is 370 g/mol. The summed E-state index contributed by atoms with van der Waals surface area (Å²) in [5.41, 5.74) is 0.982. The normalized spacial score (nSPS) is 14.3. The van der Waals surface area contributed by atoms with E-state index in [0.717, 1.165) is 47.8 Å². The number of rotatable bonds is 7. The molecule has 27 heavy (non-hydrogen) atoms. The predicted octanol–water partition coefficient (Wildman–Crippen LogP) is 3.78. The number of carbonyl (C=O) groups excluding carboxylic acids is 1. The van der Waals surface area contributed by atoms with Crippen molar-refractivity contribution >= 4 is 22.8 Å². The molecule has 0 heterocycles. The lowest BCUT2D eigenvalue weighted by molar-refractivity contribution is -0.136. The highest BCUT2D eigenvalue weighted by molar-refractivity contribution is 5.88. The molecule has 0 radical (unpaired) electrons. The molecule has 144 valence electrons. The zero-order chi connectivity index (χ0) is 19.2. The number of urea groups is 1. The molecular formula is C21H26N2O4. The Hall–Kier alpha value is -2.76. The molecule has 6 heteroatoms. The Kier molecular flexibility index (Phi) is 6.16. The summed E-state index contributed by atoms with van der Waals surface area (Å²) in [5.74, 6) is -0.159. The maximum atomic E-state index is 12.8. The van der Waals surface area contributed by atoms with E-state index < -0.39 is 5.97 Å². The fraction of sp³-hybridized carbons (Fsp3) is 0.429. The lowest BCUT2D eigenvalue weighted by Crippen LogP contribution is -2.45. The highest BCUT2D eigenvalue weighted by Gasteiger charge is 2.28. The molecule has 3 rings (SSSR count). The Labute approximate surface area is 159 Å². The molecule has 0 bridgehead atoms. The van der Waals surface area contributed by atoms with Crippen LogP contribution in [0.5, 0.6) is 5.75 Å². The van der Waals surface area contributed by atoms with E-state index >= 15 is 0 Å². The number of amides is 2. The number of carbonyl (C=O) groups is 2. The minimum Gasteiger partial charge on any atom is -0.496 e. The average Bonchev–Trinajstić information content (AvgIpc) is 3.19. The number of ether oxygens (including phenoxy) is 1. The van der Waals surface area contributed by atoms with Gasteiger partial charge >= 0.3 is 12.0 Å². The second-order valence-electron chi connectivity index (χ2n) is 6.91. The van der Waals surface area contributed by atoms with E-state index in [1.807, 2.05) is 41.3 Å². The Bertz CT molecular complexity index is 815. The van der Waals surface area contributed by atoms with Crippen LogP contribution in [0.2, 0.25) is 0 Å². The smallest absolute Gasteiger partial charge is 0.317 e. The standard InChI is InChI=1S/C21H26N2O4/c1-27-19-11-10-15-6-2-5-9-17(15)18(19)14-23(16-7-3-4-8-16)21(26)22-13-12-20(24)25/h2,5-6,9-11,16H,3-4,7-8,12-14H2,1H3,(H,22,26)(H,24,25). The van der Waals surface area contributed by atoms with Gasteiger partial charge < -0.3 is 20.1 Å². The van der Waals surface area contributed by atoms with E-state index in [2.05, 4.69) is 5.32 Å². The molecule has 0 unspecified atom stereocenters. The summed E-state index contributed by atoms with van der Waals surface area (Å²) in [7, 11) is 1.64. The zero-order valence-corrected chi connectivity index (χ0v) is 15.6. The molecule has 2 aromatic carbocycles. The van der Waals surface area contributed by atoms with Crippen molar-refractivity contribution in [3.05, 3.63) is 42.0 Å². The molecule has 6 nitrogen and oxygen atoms in total. The molecule has 1 aliphatic rings. The van der Waals surface area contributed by atoms with Crippen LogP contribution in [0.25, 0.3) is 10.8 Å². The van der Waals surface area contributed by atoms with E-state index in [4.69, 9.17) is 9.84 Å². The Morgan fingerprint density at radius 3 is 2.63 bits per heavy atom. The third-order valence-electron chi connectivity index (χ3n) is 5.19. The number of nitrogens with zero attached hydrogens (tertiary/aromatic N) is 1. The number of carboxylic acid groups (broad SMARTS) is 1. The minimum atomic E-state index is -0.918. The molecule has 2 amide bonds. The third kappa shape index (κ3) is 4.51. The monoisotopic (exact) mass is 370 g/mol. The molecule has 1 saturated carbocycles. The SMILES string of the molecule is COc1ccc2ccccc2c1CN(C(=O)NCCC(=O)O)C1CCCC1. The van der Waals surface area contributed by atoms with Crippen molar-refractivity contribution in [3.63, 3.8) is 0 Å². The highest BCUT2D eigenvalue weighted by atomic mass is 16.5. The summed E-state index contributed by atoms with van der Waals surface area (Å²) in [5, 5.41) is 13.7. The summed E-state index contributed by atoms with van der Waals surface area (Å²) in [6, 6.07) is 12.0. The molecule has 1 aliphatic carbocycles. The van der Waals surface area contributed by atoms with Crippen LogP contribution in [0.3, 0.4) is 0 Å². The lowest BCUT2D eigenvalue weighted by atomic mass is 10.0. The van der Waals surface area contributed by atoms with Crippen molar-refractivity contribution in [1.82, 2.24) is 10.2 Å². The fourth-order valence-corrected chi connectivity index (χ4v) is 3.80. The van der Waals surface area contributed by atoms with E-state index in [1.165, 1.54) is 0 Å². The van der Waals surface area contributed by atoms with Crippen molar-refractivity contribution in [2.45, 2.75) is 44.7 Å². The number of nitrogens with one attached hydrogen (secondary N) is 1. The second-order valence-corrected chi connectivity index (χ2v) is 6.91. The molecule has 0 spiro atoms. The van der Waals surface area contributed by atoms with Crippen LogP contribution in [0, 0.1) is 0 Å². The number of benzene rings is 2. The number of aliphatic carboxylic acids is 1. The van der Waals surface area contributed by atoms with Gasteiger partial charge in [0.2, 0.25) is 0 Å². The second kappa shape index (κ2) is 8.75. The number of hydrogen-bond acceptors (Lipinski definition) is 3. The number of methoxy groups -OCH3 is 1. The van der Waals surface area contributed by atoms with Gasteiger partial charge in [-0.05, 0) is 29.7 Å². The van der Waals surface area contributed by atoms with Gasteiger partial charge in [-0.2, -0.15) is 0 Å². The van der Waals surface area contributed by atoms with Crippen LogP contribution < -0.4 is 10.1 Å². The first-order valence-corrected chi connectivity index (χ1v) is 9.41. The number of fused-ring (bicyclic) bond motifs is 1. The van der Waals surface area contributed by atoms with Gasteiger partial charge in [0, 0.05) is 18.2 Å².